The van der Waals surface area contributed by atoms with Gasteiger partial charge >= 0.3 is 0 Å². The van der Waals surface area contributed by atoms with Crippen LogP contribution in [0.1, 0.15) is 78.6 Å². The smallest absolute Gasteiger partial charge is 0.157 e. The average Bonchev–Trinajstić information content (AvgIpc) is 2.48. The Hall–Kier alpha value is -0.0800. The van der Waals surface area contributed by atoms with Crippen LogP contribution in [-0.4, -0.2) is 19.5 Å². The van der Waals surface area contributed by atoms with Crippen molar-refractivity contribution in [3.8, 4) is 0 Å². The minimum Gasteiger partial charge on any atom is -0.352 e. The maximum atomic E-state index is 5.96. The zero-order chi connectivity index (χ0) is 14.4. The molecule has 2 rings (SSSR count). The standard InChI is InChI=1S/C18H34O2/c1-4-6-8-15-9-11-16(12-10-15)18(3)13-19-17(7-5-2)20-14-18/h15-17H,4-14H2,1-3H3/t15?,16?,17-,18+. The van der Waals surface area contributed by atoms with Gasteiger partial charge in [-0.2, -0.15) is 0 Å². The molecule has 20 heavy (non-hydrogen) atoms. The van der Waals surface area contributed by atoms with Crippen LogP contribution in [-0.2, 0) is 9.47 Å². The Balaban J connectivity index is 1.75. The second kappa shape index (κ2) is 7.79. The number of hydrogen-bond donors (Lipinski definition) is 0. The number of rotatable bonds is 6. The maximum absolute atomic E-state index is 5.96. The summed E-state index contributed by atoms with van der Waals surface area (Å²) < 4.78 is 11.9. The lowest BCUT2D eigenvalue weighted by molar-refractivity contribution is -0.241. The first-order valence-corrected chi connectivity index (χ1v) is 8.91. The monoisotopic (exact) mass is 282 g/mol. The van der Waals surface area contributed by atoms with E-state index in [0.717, 1.165) is 37.9 Å². The molecule has 0 atom stereocenters. The Morgan fingerprint density at radius 2 is 1.55 bits per heavy atom. The molecule has 0 aromatic carbocycles. The van der Waals surface area contributed by atoms with E-state index in [4.69, 9.17) is 9.47 Å². The molecule has 0 amide bonds. The van der Waals surface area contributed by atoms with E-state index in [0.29, 0.717) is 0 Å². The second-order valence-corrected chi connectivity index (χ2v) is 7.35. The van der Waals surface area contributed by atoms with Crippen molar-refractivity contribution in [3.05, 3.63) is 0 Å². The van der Waals surface area contributed by atoms with Gasteiger partial charge < -0.3 is 9.47 Å². The van der Waals surface area contributed by atoms with Crippen LogP contribution < -0.4 is 0 Å². The molecule has 1 saturated carbocycles. The molecule has 118 valence electrons. The van der Waals surface area contributed by atoms with Crippen molar-refractivity contribution in [1.29, 1.82) is 0 Å². The summed E-state index contributed by atoms with van der Waals surface area (Å²) in [7, 11) is 0. The third-order valence-electron chi connectivity index (χ3n) is 5.52. The van der Waals surface area contributed by atoms with Crippen LogP contribution in [0.2, 0.25) is 0 Å². The highest BCUT2D eigenvalue weighted by Crippen LogP contribution is 2.43. The first kappa shape index (κ1) is 16.3. The second-order valence-electron chi connectivity index (χ2n) is 7.35. The molecule has 2 aliphatic rings. The Kier molecular flexibility index (Phi) is 6.35. The van der Waals surface area contributed by atoms with Crippen molar-refractivity contribution in [2.75, 3.05) is 13.2 Å². The fourth-order valence-electron chi connectivity index (χ4n) is 3.94. The van der Waals surface area contributed by atoms with E-state index in [2.05, 4.69) is 20.8 Å². The summed E-state index contributed by atoms with van der Waals surface area (Å²) in [4.78, 5) is 0. The molecular formula is C18H34O2. The van der Waals surface area contributed by atoms with Crippen molar-refractivity contribution in [2.45, 2.75) is 84.8 Å². The highest BCUT2D eigenvalue weighted by molar-refractivity contribution is 4.88. The Morgan fingerprint density at radius 3 is 2.10 bits per heavy atom. The van der Waals surface area contributed by atoms with Crippen LogP contribution in [0.15, 0.2) is 0 Å². The van der Waals surface area contributed by atoms with Crippen LogP contribution in [0.3, 0.4) is 0 Å². The molecule has 0 aromatic heterocycles. The van der Waals surface area contributed by atoms with E-state index in [1.165, 1.54) is 44.9 Å². The van der Waals surface area contributed by atoms with E-state index in [1.807, 2.05) is 0 Å². The molecule has 1 aliphatic carbocycles. The lowest BCUT2D eigenvalue weighted by Gasteiger charge is -2.45. The SMILES string of the molecule is CCCCC1CCC([C@]2(C)CO[C@H](CCC)OC2)CC1. The summed E-state index contributed by atoms with van der Waals surface area (Å²) in [5.74, 6) is 1.80. The molecule has 2 nitrogen and oxygen atoms in total. The van der Waals surface area contributed by atoms with Gasteiger partial charge in [0.05, 0.1) is 13.2 Å². The van der Waals surface area contributed by atoms with Gasteiger partial charge in [0.25, 0.3) is 0 Å². The van der Waals surface area contributed by atoms with Gasteiger partial charge in [0.15, 0.2) is 6.29 Å². The highest BCUT2D eigenvalue weighted by Gasteiger charge is 2.40. The van der Waals surface area contributed by atoms with E-state index in [9.17, 15) is 0 Å². The van der Waals surface area contributed by atoms with Crippen molar-refractivity contribution >= 4 is 0 Å². The molecule has 0 bridgehead atoms. The third-order valence-corrected chi connectivity index (χ3v) is 5.52. The summed E-state index contributed by atoms with van der Waals surface area (Å²) in [6, 6.07) is 0. The van der Waals surface area contributed by atoms with Crippen LogP contribution in [0.25, 0.3) is 0 Å². The van der Waals surface area contributed by atoms with Crippen LogP contribution in [0, 0.1) is 17.3 Å². The molecule has 1 heterocycles. The third kappa shape index (κ3) is 4.21. The van der Waals surface area contributed by atoms with E-state index < -0.39 is 0 Å². The van der Waals surface area contributed by atoms with E-state index >= 15 is 0 Å². The van der Waals surface area contributed by atoms with Gasteiger partial charge in [-0.1, -0.05) is 59.3 Å². The minimum absolute atomic E-state index is 0.0639. The molecule has 0 radical (unpaired) electrons. The Labute approximate surface area is 125 Å². The van der Waals surface area contributed by atoms with Gasteiger partial charge in [-0.15, -0.1) is 0 Å². The highest BCUT2D eigenvalue weighted by atomic mass is 16.7. The molecule has 0 spiro atoms. The van der Waals surface area contributed by atoms with Crippen LogP contribution in [0.5, 0.6) is 0 Å². The first-order valence-electron chi connectivity index (χ1n) is 8.91. The molecule has 0 aromatic rings. The largest absolute Gasteiger partial charge is 0.352 e. The molecule has 2 fully saturated rings. The van der Waals surface area contributed by atoms with Crippen molar-refractivity contribution < 1.29 is 9.47 Å². The normalized spacial score (nSPS) is 38.9. The van der Waals surface area contributed by atoms with Crippen molar-refractivity contribution in [2.24, 2.45) is 17.3 Å². The van der Waals surface area contributed by atoms with Gasteiger partial charge in [0, 0.05) is 5.41 Å². The van der Waals surface area contributed by atoms with Gasteiger partial charge in [0.2, 0.25) is 0 Å². The average molecular weight is 282 g/mol. The summed E-state index contributed by atoms with van der Waals surface area (Å²) in [6.07, 6.45) is 12.1. The summed E-state index contributed by atoms with van der Waals surface area (Å²) in [5.41, 5.74) is 0.264. The molecule has 1 saturated heterocycles. The Morgan fingerprint density at radius 1 is 0.900 bits per heavy atom. The van der Waals surface area contributed by atoms with Gasteiger partial charge in [0.1, 0.15) is 0 Å². The van der Waals surface area contributed by atoms with Crippen molar-refractivity contribution in [3.63, 3.8) is 0 Å². The van der Waals surface area contributed by atoms with Crippen LogP contribution in [0.4, 0.5) is 0 Å². The van der Waals surface area contributed by atoms with Gasteiger partial charge in [-0.05, 0) is 31.1 Å². The predicted octanol–water partition coefficient (Wildman–Crippen LogP) is 5.16. The zero-order valence-electron chi connectivity index (χ0n) is 13.8. The molecule has 2 heteroatoms. The summed E-state index contributed by atoms with van der Waals surface area (Å²) in [6.45, 7) is 8.68. The van der Waals surface area contributed by atoms with Crippen molar-refractivity contribution in [1.82, 2.24) is 0 Å². The summed E-state index contributed by atoms with van der Waals surface area (Å²) >= 11 is 0. The Bertz CT molecular complexity index is 261. The number of unbranched alkanes of at least 4 members (excludes halogenated alkanes) is 1. The fourth-order valence-corrected chi connectivity index (χ4v) is 3.94. The first-order chi connectivity index (χ1) is 9.68. The molecule has 1 aliphatic heterocycles. The van der Waals surface area contributed by atoms with E-state index in [-0.39, 0.29) is 11.7 Å². The lowest BCUT2D eigenvalue weighted by Crippen LogP contribution is -2.45. The van der Waals surface area contributed by atoms with E-state index in [1.54, 1.807) is 0 Å². The minimum atomic E-state index is 0.0639. The van der Waals surface area contributed by atoms with Gasteiger partial charge in [-0.25, -0.2) is 0 Å². The molecule has 0 N–H and O–H groups in total. The quantitative estimate of drug-likeness (QED) is 0.669. The molecule has 0 unspecified atom stereocenters. The zero-order valence-corrected chi connectivity index (χ0v) is 13.8. The molecular weight excluding hydrogens is 248 g/mol. The predicted molar refractivity (Wildman–Crippen MR) is 83.7 cm³/mol. The number of hydrogen-bond acceptors (Lipinski definition) is 2. The maximum Gasteiger partial charge on any atom is 0.157 e. The van der Waals surface area contributed by atoms with Gasteiger partial charge in [-0.3, -0.25) is 0 Å². The summed E-state index contributed by atoms with van der Waals surface area (Å²) in [5, 5.41) is 0. The fraction of sp³-hybridized carbons (Fsp3) is 1.00. The lowest BCUT2D eigenvalue weighted by atomic mass is 9.67. The van der Waals surface area contributed by atoms with Crippen LogP contribution >= 0.6 is 0 Å². The number of ether oxygens (including phenoxy) is 2. The topological polar surface area (TPSA) is 18.5 Å².